The molecule has 3 rings (SSSR count). The number of amides is 2. The summed E-state index contributed by atoms with van der Waals surface area (Å²) in [4.78, 5) is 26.1. The highest BCUT2D eigenvalue weighted by molar-refractivity contribution is 7.14. The molecule has 1 aliphatic rings. The number of rotatable bonds is 6. The van der Waals surface area contributed by atoms with Crippen molar-refractivity contribution in [3.05, 3.63) is 45.6 Å². The highest BCUT2D eigenvalue weighted by Crippen LogP contribution is 2.28. The van der Waals surface area contributed by atoms with E-state index in [1.54, 1.807) is 24.3 Å². The second-order valence-corrected chi connectivity index (χ2v) is 7.45. The van der Waals surface area contributed by atoms with Crippen molar-refractivity contribution in [2.24, 2.45) is 0 Å². The molecule has 144 valence electrons. The second kappa shape index (κ2) is 9.41. The lowest BCUT2D eigenvalue weighted by atomic mass is 10.1. The van der Waals surface area contributed by atoms with Crippen LogP contribution in [0.4, 0.5) is 0 Å². The average molecular weight is 388 g/mol. The van der Waals surface area contributed by atoms with Crippen molar-refractivity contribution in [3.63, 3.8) is 0 Å². The van der Waals surface area contributed by atoms with Gasteiger partial charge >= 0.3 is 0 Å². The van der Waals surface area contributed by atoms with Gasteiger partial charge in [0.15, 0.2) is 6.61 Å². The van der Waals surface area contributed by atoms with Gasteiger partial charge in [-0.1, -0.05) is 6.42 Å². The maximum atomic E-state index is 12.3. The van der Waals surface area contributed by atoms with Crippen molar-refractivity contribution in [3.8, 4) is 11.5 Å². The Morgan fingerprint density at radius 2 is 1.70 bits per heavy atom. The molecular weight excluding hydrogens is 364 g/mol. The second-order valence-electron chi connectivity index (χ2n) is 6.32. The Bertz CT molecular complexity index is 762. The van der Waals surface area contributed by atoms with E-state index in [-0.39, 0.29) is 12.5 Å². The largest absolute Gasteiger partial charge is 0.494 e. The number of hydrazine groups is 1. The molecular formula is C20H24N2O4S. The molecule has 1 aromatic carbocycles. The van der Waals surface area contributed by atoms with Crippen LogP contribution >= 0.6 is 11.3 Å². The van der Waals surface area contributed by atoms with Crippen LogP contribution in [0.1, 0.15) is 46.3 Å². The van der Waals surface area contributed by atoms with Crippen molar-refractivity contribution >= 4 is 23.2 Å². The summed E-state index contributed by atoms with van der Waals surface area (Å²) in [5.74, 6) is 0.593. The molecule has 0 atom stereocenters. The lowest BCUT2D eigenvalue weighted by Gasteiger charge is -2.09. The van der Waals surface area contributed by atoms with E-state index < -0.39 is 5.91 Å². The molecule has 27 heavy (non-hydrogen) atoms. The van der Waals surface area contributed by atoms with Gasteiger partial charge < -0.3 is 9.47 Å². The maximum absolute atomic E-state index is 12.3. The van der Waals surface area contributed by atoms with Crippen LogP contribution in [0.2, 0.25) is 0 Å². The van der Waals surface area contributed by atoms with Gasteiger partial charge in [-0.3, -0.25) is 20.4 Å². The summed E-state index contributed by atoms with van der Waals surface area (Å²) < 4.78 is 10.8. The third kappa shape index (κ3) is 5.47. The Morgan fingerprint density at radius 1 is 1.00 bits per heavy atom. The van der Waals surface area contributed by atoms with Crippen LogP contribution in [0.3, 0.4) is 0 Å². The first-order chi connectivity index (χ1) is 13.2. The van der Waals surface area contributed by atoms with E-state index in [9.17, 15) is 9.59 Å². The molecule has 2 N–H and O–H groups in total. The van der Waals surface area contributed by atoms with Gasteiger partial charge in [-0.05, 0) is 68.5 Å². The normalized spacial score (nSPS) is 13.2. The lowest BCUT2D eigenvalue weighted by Crippen LogP contribution is -2.43. The van der Waals surface area contributed by atoms with E-state index in [1.165, 1.54) is 41.0 Å². The number of thiophene rings is 1. The summed E-state index contributed by atoms with van der Waals surface area (Å²) in [6, 6.07) is 8.97. The molecule has 0 spiro atoms. The maximum Gasteiger partial charge on any atom is 0.279 e. The fraction of sp³-hybridized carbons (Fsp3) is 0.400. The van der Waals surface area contributed by atoms with Gasteiger partial charge in [0.2, 0.25) is 0 Å². The van der Waals surface area contributed by atoms with Gasteiger partial charge in [0, 0.05) is 4.88 Å². The van der Waals surface area contributed by atoms with Crippen molar-refractivity contribution in [2.45, 2.75) is 39.0 Å². The van der Waals surface area contributed by atoms with Gasteiger partial charge in [0.05, 0.1) is 11.5 Å². The van der Waals surface area contributed by atoms with Crippen LogP contribution < -0.4 is 20.3 Å². The molecule has 0 unspecified atom stereocenters. The first kappa shape index (κ1) is 19.2. The standard InChI is InChI=1S/C20H24N2O4S/c1-2-25-15-8-10-16(11-9-15)26-13-19(23)21-22-20(24)18-12-14-6-4-3-5-7-17(14)27-18/h8-12H,2-7,13H2,1H3,(H,21,23)(H,22,24). The topological polar surface area (TPSA) is 76.7 Å². The minimum Gasteiger partial charge on any atom is -0.494 e. The van der Waals surface area contributed by atoms with Gasteiger partial charge in [0.1, 0.15) is 11.5 Å². The van der Waals surface area contributed by atoms with E-state index in [1.807, 2.05) is 13.0 Å². The predicted molar refractivity (Wildman–Crippen MR) is 104 cm³/mol. The Balaban J connectivity index is 1.44. The fourth-order valence-corrected chi connectivity index (χ4v) is 4.10. The molecule has 2 aromatic rings. The summed E-state index contributed by atoms with van der Waals surface area (Å²) in [6.07, 6.45) is 5.66. The Hall–Kier alpha value is -2.54. The Kier molecular flexibility index (Phi) is 6.70. The van der Waals surface area contributed by atoms with Crippen molar-refractivity contribution in [1.82, 2.24) is 10.9 Å². The highest BCUT2D eigenvalue weighted by Gasteiger charge is 2.16. The van der Waals surface area contributed by atoms with Crippen molar-refractivity contribution < 1.29 is 19.1 Å². The van der Waals surface area contributed by atoms with Gasteiger partial charge in [-0.15, -0.1) is 11.3 Å². The molecule has 2 amide bonds. The zero-order valence-corrected chi connectivity index (χ0v) is 16.2. The van der Waals surface area contributed by atoms with Crippen molar-refractivity contribution in [1.29, 1.82) is 0 Å². The number of fused-ring (bicyclic) bond motifs is 1. The molecule has 0 fully saturated rings. The van der Waals surface area contributed by atoms with E-state index in [0.29, 0.717) is 17.2 Å². The molecule has 0 radical (unpaired) electrons. The molecule has 1 heterocycles. The van der Waals surface area contributed by atoms with E-state index in [2.05, 4.69) is 10.9 Å². The lowest BCUT2D eigenvalue weighted by molar-refractivity contribution is -0.123. The number of nitrogens with one attached hydrogen (secondary N) is 2. The first-order valence-corrected chi connectivity index (χ1v) is 10.0. The minimum absolute atomic E-state index is 0.185. The van der Waals surface area contributed by atoms with Crippen LogP contribution in [-0.4, -0.2) is 25.0 Å². The molecule has 0 saturated carbocycles. The van der Waals surface area contributed by atoms with E-state index in [4.69, 9.17) is 9.47 Å². The summed E-state index contributed by atoms with van der Waals surface area (Å²) >= 11 is 1.52. The predicted octanol–water partition coefficient (Wildman–Crippen LogP) is 3.26. The average Bonchev–Trinajstić information content (AvgIpc) is 2.96. The molecule has 0 saturated heterocycles. The van der Waals surface area contributed by atoms with Crippen LogP contribution in [0.15, 0.2) is 30.3 Å². The number of carbonyl (C=O) groups is 2. The zero-order chi connectivity index (χ0) is 19.1. The van der Waals surface area contributed by atoms with Gasteiger partial charge in [-0.25, -0.2) is 0 Å². The number of carbonyl (C=O) groups excluding carboxylic acids is 2. The van der Waals surface area contributed by atoms with Crippen LogP contribution in [0.25, 0.3) is 0 Å². The summed E-state index contributed by atoms with van der Waals surface area (Å²) in [5.41, 5.74) is 6.12. The minimum atomic E-state index is -0.421. The highest BCUT2D eigenvalue weighted by atomic mass is 32.1. The van der Waals surface area contributed by atoms with Crippen molar-refractivity contribution in [2.75, 3.05) is 13.2 Å². The Morgan fingerprint density at radius 3 is 2.44 bits per heavy atom. The van der Waals surface area contributed by atoms with E-state index in [0.717, 1.165) is 18.6 Å². The quantitative estimate of drug-likeness (QED) is 0.588. The number of hydrogen-bond donors (Lipinski definition) is 2. The molecule has 6 nitrogen and oxygen atoms in total. The zero-order valence-electron chi connectivity index (χ0n) is 15.4. The van der Waals surface area contributed by atoms with Gasteiger partial charge in [0.25, 0.3) is 11.8 Å². The number of ether oxygens (including phenoxy) is 2. The van der Waals surface area contributed by atoms with E-state index >= 15 is 0 Å². The van der Waals surface area contributed by atoms with Crippen LogP contribution in [0, 0.1) is 0 Å². The number of hydrogen-bond acceptors (Lipinski definition) is 5. The summed E-state index contributed by atoms with van der Waals surface area (Å²) in [5, 5.41) is 0. The Labute approximate surface area is 162 Å². The fourth-order valence-electron chi connectivity index (χ4n) is 2.95. The number of aryl methyl sites for hydroxylation is 2. The SMILES string of the molecule is CCOc1ccc(OCC(=O)NNC(=O)c2cc3c(s2)CCCCC3)cc1. The number of benzene rings is 1. The first-order valence-electron chi connectivity index (χ1n) is 9.22. The van der Waals surface area contributed by atoms with Gasteiger partial charge in [-0.2, -0.15) is 0 Å². The molecule has 7 heteroatoms. The summed E-state index contributed by atoms with van der Waals surface area (Å²) in [6.45, 7) is 2.32. The molecule has 1 aliphatic carbocycles. The van der Waals surface area contributed by atoms with Crippen LogP contribution in [-0.2, 0) is 17.6 Å². The molecule has 0 bridgehead atoms. The third-order valence-electron chi connectivity index (χ3n) is 4.29. The third-order valence-corrected chi connectivity index (χ3v) is 5.53. The molecule has 1 aromatic heterocycles. The smallest absolute Gasteiger partial charge is 0.279 e. The molecule has 0 aliphatic heterocycles. The summed E-state index contributed by atoms with van der Waals surface area (Å²) in [7, 11) is 0. The van der Waals surface area contributed by atoms with Crippen LogP contribution in [0.5, 0.6) is 11.5 Å². The monoisotopic (exact) mass is 388 g/mol.